The lowest BCUT2D eigenvalue weighted by molar-refractivity contribution is -0.143. The van der Waals surface area contributed by atoms with E-state index in [0.717, 1.165) is 0 Å². The molecule has 0 fully saturated rings. The van der Waals surface area contributed by atoms with E-state index in [4.69, 9.17) is 51.6 Å². The number of nitrogens with zero attached hydrogens (tertiary/aromatic N) is 3. The summed E-state index contributed by atoms with van der Waals surface area (Å²) in [6, 6.07) is -9.72. The van der Waals surface area contributed by atoms with Gasteiger partial charge in [-0.25, -0.2) is 4.79 Å². The largest absolute Gasteiger partial charge is 0.508 e. The number of primary amides is 1. The summed E-state index contributed by atoms with van der Waals surface area (Å²) in [6.45, 7) is -2.81. The lowest BCUT2D eigenvalue weighted by Gasteiger charge is -2.27. The van der Waals surface area contributed by atoms with Gasteiger partial charge in [0.25, 0.3) is 0 Å². The topological polar surface area (TPSA) is 686 Å². The highest BCUT2D eigenvalue weighted by Crippen LogP contribution is 2.13. The average Bonchev–Trinajstić information content (AvgIpc) is 3.39. The first-order chi connectivity index (χ1) is 41.5. The summed E-state index contributed by atoms with van der Waals surface area (Å²) >= 11 is 0. The zero-order chi connectivity index (χ0) is 66.5. The van der Waals surface area contributed by atoms with E-state index in [9.17, 15) is 83.1 Å². The molecule has 10 amide bonds. The number of aliphatic imine (C=N–C) groups is 3. The summed E-state index contributed by atoms with van der Waals surface area (Å²) in [5, 5.41) is 70.5. The van der Waals surface area contributed by atoms with E-state index < -0.39 is 164 Å². The number of aliphatic hydroxyl groups is 2. The van der Waals surface area contributed by atoms with Crippen LogP contribution in [0.1, 0.15) is 82.6 Å². The number of phenolic OH excluding ortho intramolecular Hbond substituents is 1. The number of unbranched alkanes of at least 4 members (excludes halogenated alkanes) is 1. The molecule has 0 saturated heterocycles. The highest BCUT2D eigenvalue weighted by atomic mass is 16.4. The van der Waals surface area contributed by atoms with E-state index in [1.54, 1.807) is 0 Å². The number of phenols is 1. The van der Waals surface area contributed by atoms with Crippen molar-refractivity contribution in [3.63, 3.8) is 0 Å². The van der Waals surface area contributed by atoms with E-state index in [0.29, 0.717) is 24.9 Å². The molecule has 38 heteroatoms. The van der Waals surface area contributed by atoms with Crippen LogP contribution >= 0.6 is 0 Å². The Balaban J connectivity index is 3.59. The lowest BCUT2D eigenvalue weighted by Crippen LogP contribution is -2.61. The van der Waals surface area contributed by atoms with E-state index in [1.165, 1.54) is 24.3 Å². The molecule has 1 rings (SSSR count). The molecule has 0 aliphatic heterocycles. The standard InChI is InChI=1S/C50H85N21O17/c51-16-2-1-6-27(52)39(79)63-22-37(76)64-34(23-72)45(85)69-32(20-25-10-12-26(74)13-11-25)43(83)66-29(8-4-18-61-49(56)57)41(81)71-35(24-73)46(86)67-30(14-15-38(77)78)42(82)65-28(7-3-17-60-48(54)55)40(80)70-33(21-36(53)75)44(84)68-31(47(87)88)9-5-19-62-50(58)59/h10-13,27-35,72-74H,1-9,14-24,51-52H2,(H2,53,75)(H,63,79)(H,64,76)(H,65,82)(H,66,83)(H,67,86)(H,68,84)(H,69,85)(H,70,80)(H,71,81)(H,77,78)(H,87,88)(H4,54,55,60)(H4,56,57,61)(H4,58,59,62)/t27-,28-,29-,30-,31-,32-,33-,34-,35-/m0/s1. The number of nitrogens with two attached hydrogens (primary N) is 9. The highest BCUT2D eigenvalue weighted by Gasteiger charge is 2.35. The van der Waals surface area contributed by atoms with Gasteiger partial charge in [0.05, 0.1) is 32.2 Å². The second-order valence-electron chi connectivity index (χ2n) is 19.7. The van der Waals surface area contributed by atoms with Gasteiger partial charge in [-0.2, -0.15) is 0 Å². The van der Waals surface area contributed by atoms with Crippen molar-refractivity contribution in [3.8, 4) is 5.75 Å². The highest BCUT2D eigenvalue weighted by molar-refractivity contribution is 5.99. The quantitative estimate of drug-likeness (QED) is 0.0164. The van der Waals surface area contributed by atoms with Crippen LogP contribution in [0.4, 0.5) is 0 Å². The van der Waals surface area contributed by atoms with Crippen LogP contribution in [0.15, 0.2) is 39.2 Å². The van der Waals surface area contributed by atoms with Crippen molar-refractivity contribution >= 4 is 88.9 Å². The molecule has 492 valence electrons. The van der Waals surface area contributed by atoms with Crippen molar-refractivity contribution in [2.45, 2.75) is 138 Å². The molecule has 0 spiro atoms. The number of carbonyl (C=O) groups excluding carboxylic acids is 10. The Labute approximate surface area is 504 Å². The summed E-state index contributed by atoms with van der Waals surface area (Å²) < 4.78 is 0. The van der Waals surface area contributed by atoms with Gasteiger partial charge in [-0.1, -0.05) is 18.6 Å². The first-order valence-corrected chi connectivity index (χ1v) is 27.6. The Morgan fingerprint density at radius 1 is 0.455 bits per heavy atom. The Hall–Kier alpha value is -9.69. The maximum Gasteiger partial charge on any atom is 0.326 e. The normalized spacial score (nSPS) is 13.8. The molecule has 0 unspecified atom stereocenters. The molecule has 0 saturated carbocycles. The molecular formula is C50H85N21O17. The maximum atomic E-state index is 14.2. The fourth-order valence-corrected chi connectivity index (χ4v) is 7.81. The minimum absolute atomic E-state index is 0.0213. The third kappa shape index (κ3) is 32.0. The van der Waals surface area contributed by atoms with Gasteiger partial charge in [0.15, 0.2) is 17.9 Å². The molecule has 0 aliphatic rings. The summed E-state index contributed by atoms with van der Waals surface area (Å²) in [5.74, 6) is -15.2. The number of aliphatic carboxylic acids is 2. The third-order valence-electron chi connectivity index (χ3n) is 12.4. The summed E-state index contributed by atoms with van der Waals surface area (Å²) in [5.41, 5.74) is 49.4. The molecule has 38 nitrogen and oxygen atoms in total. The van der Waals surface area contributed by atoms with Crippen molar-refractivity contribution in [2.75, 3.05) is 45.9 Å². The van der Waals surface area contributed by atoms with Crippen LogP contribution in [-0.4, -0.2) is 215 Å². The van der Waals surface area contributed by atoms with Gasteiger partial charge in [-0.05, 0) is 82.0 Å². The van der Waals surface area contributed by atoms with E-state index in [2.05, 4.69) is 62.8 Å². The van der Waals surface area contributed by atoms with Crippen LogP contribution < -0.4 is 99.5 Å². The number of guanidine groups is 3. The number of nitrogens with one attached hydrogen (secondary N) is 9. The zero-order valence-corrected chi connectivity index (χ0v) is 48.3. The molecule has 9 atom stereocenters. The number of aliphatic hydroxyl groups excluding tert-OH is 2. The molecule has 0 bridgehead atoms. The Morgan fingerprint density at radius 2 is 0.841 bits per heavy atom. The first kappa shape index (κ1) is 76.3. The van der Waals surface area contributed by atoms with Gasteiger partial charge in [0, 0.05) is 32.5 Å². The molecule has 32 N–H and O–H groups in total. The number of benzene rings is 1. The number of carboxylic acids is 2. The summed E-state index contributed by atoms with van der Waals surface area (Å²) in [7, 11) is 0. The van der Waals surface area contributed by atoms with Gasteiger partial charge in [0.1, 0.15) is 54.1 Å². The molecule has 1 aromatic carbocycles. The van der Waals surface area contributed by atoms with Crippen LogP contribution in [0.3, 0.4) is 0 Å². The van der Waals surface area contributed by atoms with Crippen molar-refractivity contribution in [3.05, 3.63) is 29.8 Å². The number of aromatic hydroxyl groups is 1. The van der Waals surface area contributed by atoms with Crippen molar-refractivity contribution in [2.24, 2.45) is 66.6 Å². The lowest BCUT2D eigenvalue weighted by atomic mass is 10.0. The van der Waals surface area contributed by atoms with Crippen LogP contribution in [0.25, 0.3) is 0 Å². The van der Waals surface area contributed by atoms with Gasteiger partial charge in [0.2, 0.25) is 59.1 Å². The Bertz CT molecular complexity index is 2600. The van der Waals surface area contributed by atoms with Crippen molar-refractivity contribution < 1.29 is 83.1 Å². The van der Waals surface area contributed by atoms with Crippen molar-refractivity contribution in [1.82, 2.24) is 47.9 Å². The smallest absolute Gasteiger partial charge is 0.326 e. The Kier molecular flexibility index (Phi) is 35.9. The second-order valence-corrected chi connectivity index (χ2v) is 19.7. The second kappa shape index (κ2) is 41.4. The van der Waals surface area contributed by atoms with Gasteiger partial charge in [-0.3, -0.25) is 67.7 Å². The molecule has 0 aliphatic carbocycles. The molecular weight excluding hydrogens is 1170 g/mol. The number of carboxylic acid groups (broad SMARTS) is 2. The summed E-state index contributed by atoms with van der Waals surface area (Å²) in [6.07, 6.45) is -2.29. The number of rotatable bonds is 44. The molecule has 0 radical (unpaired) electrons. The van der Waals surface area contributed by atoms with Gasteiger partial charge >= 0.3 is 11.9 Å². The number of hydrogen-bond donors (Lipinski definition) is 23. The van der Waals surface area contributed by atoms with E-state index in [-0.39, 0.29) is 94.6 Å². The maximum absolute atomic E-state index is 14.2. The predicted molar refractivity (Wildman–Crippen MR) is 313 cm³/mol. The van der Waals surface area contributed by atoms with Crippen LogP contribution in [-0.2, 0) is 64.0 Å². The first-order valence-electron chi connectivity index (χ1n) is 27.6. The Morgan fingerprint density at radius 3 is 1.27 bits per heavy atom. The van der Waals surface area contributed by atoms with Crippen LogP contribution in [0, 0.1) is 0 Å². The average molecular weight is 1250 g/mol. The van der Waals surface area contributed by atoms with Gasteiger partial charge < -0.3 is 125 Å². The molecule has 88 heavy (non-hydrogen) atoms. The monoisotopic (exact) mass is 1250 g/mol. The van der Waals surface area contributed by atoms with E-state index >= 15 is 0 Å². The zero-order valence-electron chi connectivity index (χ0n) is 48.3. The number of carbonyl (C=O) groups is 12. The fraction of sp³-hybridized carbons (Fsp3) is 0.580. The fourth-order valence-electron chi connectivity index (χ4n) is 7.81. The third-order valence-corrected chi connectivity index (χ3v) is 12.4. The predicted octanol–water partition coefficient (Wildman–Crippen LogP) is -10.6. The van der Waals surface area contributed by atoms with Crippen LogP contribution in [0.5, 0.6) is 5.75 Å². The van der Waals surface area contributed by atoms with Crippen LogP contribution in [0.2, 0.25) is 0 Å². The van der Waals surface area contributed by atoms with Gasteiger partial charge in [-0.15, -0.1) is 0 Å². The number of amides is 10. The minimum Gasteiger partial charge on any atom is -0.508 e. The van der Waals surface area contributed by atoms with Crippen molar-refractivity contribution in [1.29, 1.82) is 0 Å². The summed E-state index contributed by atoms with van der Waals surface area (Å²) in [4.78, 5) is 170. The number of hydrogen-bond acceptors (Lipinski definition) is 20. The minimum atomic E-state index is -1.99. The molecule has 0 heterocycles. The molecule has 0 aromatic heterocycles. The van der Waals surface area contributed by atoms with E-state index in [1.807, 2.05) is 0 Å². The SMILES string of the molecule is NCCCC[C@H](N)C(=O)NCC(=O)N[C@@H](CO)C(=O)N[C@@H](Cc1ccc(O)cc1)C(=O)N[C@@H](CCCN=C(N)N)C(=O)N[C@@H](CO)C(=O)N[C@@H](CCC(=O)O)C(=O)N[C@@H](CCCN=C(N)N)C(=O)N[C@@H](CC(N)=O)C(=O)N[C@@H](CCCN=C(N)N)C(=O)O. The molecule has 1 aromatic rings.